The Morgan fingerprint density at radius 1 is 1.08 bits per heavy atom. The fraction of sp³-hybridized carbons (Fsp3) is 0.455. The van der Waals surface area contributed by atoms with Crippen molar-refractivity contribution >= 4 is 5.69 Å². The summed E-state index contributed by atoms with van der Waals surface area (Å²) in [6.07, 6.45) is 2.48. The van der Waals surface area contributed by atoms with Crippen molar-refractivity contribution in [3.8, 4) is 11.5 Å². The molecule has 0 aromatic heterocycles. The summed E-state index contributed by atoms with van der Waals surface area (Å²) < 4.78 is 17.2. The lowest BCUT2D eigenvalue weighted by atomic mass is 10.2. The number of rotatable bonds is 9. The van der Waals surface area contributed by atoms with E-state index in [1.165, 1.54) is 5.56 Å². The van der Waals surface area contributed by atoms with Gasteiger partial charge in [0.15, 0.2) is 0 Å². The Kier molecular flexibility index (Phi) is 6.78. The molecule has 1 aliphatic rings. The number of anilines is 1. The minimum Gasteiger partial charge on any atom is -0.493 e. The molecular formula is C22H29NO3. The van der Waals surface area contributed by atoms with Gasteiger partial charge in [0, 0.05) is 18.8 Å². The van der Waals surface area contributed by atoms with E-state index in [1.54, 1.807) is 0 Å². The molecule has 2 aromatic rings. The van der Waals surface area contributed by atoms with E-state index in [2.05, 4.69) is 31.3 Å². The topological polar surface area (TPSA) is 39.7 Å². The largest absolute Gasteiger partial charge is 0.493 e. The second kappa shape index (κ2) is 9.48. The molecule has 1 heterocycles. The molecule has 4 heteroatoms. The minimum atomic E-state index is 0.248. The molecular weight excluding hydrogens is 326 g/mol. The Labute approximate surface area is 156 Å². The molecule has 1 fully saturated rings. The fourth-order valence-corrected chi connectivity index (χ4v) is 2.85. The molecule has 26 heavy (non-hydrogen) atoms. The third-order valence-corrected chi connectivity index (χ3v) is 4.29. The molecule has 1 atom stereocenters. The normalized spacial score (nSPS) is 16.7. The second-order valence-corrected chi connectivity index (χ2v) is 7.18. The van der Waals surface area contributed by atoms with Gasteiger partial charge in [0.05, 0.1) is 12.7 Å². The van der Waals surface area contributed by atoms with Crippen molar-refractivity contribution in [3.63, 3.8) is 0 Å². The van der Waals surface area contributed by atoms with Gasteiger partial charge in [-0.25, -0.2) is 0 Å². The molecule has 0 spiro atoms. The van der Waals surface area contributed by atoms with E-state index in [4.69, 9.17) is 14.2 Å². The summed E-state index contributed by atoms with van der Waals surface area (Å²) in [6, 6.07) is 16.3. The van der Waals surface area contributed by atoms with Gasteiger partial charge in [0.1, 0.15) is 18.1 Å². The van der Waals surface area contributed by atoms with Crippen LogP contribution in [0.4, 0.5) is 5.69 Å². The highest BCUT2D eigenvalue weighted by Gasteiger charge is 2.15. The monoisotopic (exact) mass is 355 g/mol. The first-order valence-corrected chi connectivity index (χ1v) is 9.49. The van der Waals surface area contributed by atoms with Crippen LogP contribution < -0.4 is 14.8 Å². The smallest absolute Gasteiger partial charge is 0.119 e. The summed E-state index contributed by atoms with van der Waals surface area (Å²) in [5, 5.41) is 3.44. The van der Waals surface area contributed by atoms with Crippen molar-refractivity contribution in [1.29, 1.82) is 0 Å². The Bertz CT molecular complexity index is 663. The van der Waals surface area contributed by atoms with Crippen molar-refractivity contribution in [2.45, 2.75) is 39.3 Å². The van der Waals surface area contributed by atoms with Crippen LogP contribution in [-0.4, -0.2) is 25.9 Å². The van der Waals surface area contributed by atoms with E-state index in [0.29, 0.717) is 12.5 Å². The van der Waals surface area contributed by atoms with E-state index >= 15 is 0 Å². The Morgan fingerprint density at radius 3 is 2.65 bits per heavy atom. The fourth-order valence-electron chi connectivity index (χ4n) is 2.85. The maximum Gasteiger partial charge on any atom is 0.119 e. The van der Waals surface area contributed by atoms with Gasteiger partial charge in [0.25, 0.3) is 0 Å². The zero-order valence-electron chi connectivity index (χ0n) is 15.7. The maximum absolute atomic E-state index is 5.80. The summed E-state index contributed by atoms with van der Waals surface area (Å²) in [4.78, 5) is 0. The van der Waals surface area contributed by atoms with E-state index < -0.39 is 0 Å². The molecule has 1 aliphatic heterocycles. The zero-order chi connectivity index (χ0) is 18.2. The maximum atomic E-state index is 5.80. The first-order valence-electron chi connectivity index (χ1n) is 9.49. The SMILES string of the molecule is CC(C)COc1cccc(CNc2ccc(OCC3CCCO3)cc2)c1. The van der Waals surface area contributed by atoms with Gasteiger partial charge in [0.2, 0.25) is 0 Å². The van der Waals surface area contributed by atoms with Gasteiger partial charge in [-0.05, 0) is 60.7 Å². The molecule has 3 rings (SSSR count). The minimum absolute atomic E-state index is 0.248. The molecule has 2 aromatic carbocycles. The molecule has 140 valence electrons. The van der Waals surface area contributed by atoms with Crippen LogP contribution in [0.1, 0.15) is 32.3 Å². The van der Waals surface area contributed by atoms with Crippen LogP contribution in [0.2, 0.25) is 0 Å². The highest BCUT2D eigenvalue weighted by Crippen LogP contribution is 2.20. The molecule has 1 unspecified atom stereocenters. The Hall–Kier alpha value is -2.20. The summed E-state index contributed by atoms with van der Waals surface area (Å²) >= 11 is 0. The van der Waals surface area contributed by atoms with Crippen molar-refractivity contribution in [1.82, 2.24) is 0 Å². The van der Waals surface area contributed by atoms with Crippen LogP contribution in [0, 0.1) is 5.92 Å². The molecule has 1 saturated heterocycles. The molecule has 0 bridgehead atoms. The molecule has 0 amide bonds. The lowest BCUT2D eigenvalue weighted by Gasteiger charge is -2.13. The van der Waals surface area contributed by atoms with Gasteiger partial charge in [-0.3, -0.25) is 0 Å². The van der Waals surface area contributed by atoms with Crippen molar-refractivity contribution < 1.29 is 14.2 Å². The first kappa shape index (κ1) is 18.6. The Balaban J connectivity index is 1.46. The quantitative estimate of drug-likeness (QED) is 0.695. The van der Waals surface area contributed by atoms with Gasteiger partial charge in [-0.1, -0.05) is 26.0 Å². The van der Waals surface area contributed by atoms with E-state index in [-0.39, 0.29) is 6.10 Å². The third-order valence-electron chi connectivity index (χ3n) is 4.29. The lowest BCUT2D eigenvalue weighted by molar-refractivity contribution is 0.0679. The number of nitrogens with one attached hydrogen (secondary N) is 1. The number of hydrogen-bond acceptors (Lipinski definition) is 4. The van der Waals surface area contributed by atoms with E-state index in [9.17, 15) is 0 Å². The summed E-state index contributed by atoms with van der Waals surface area (Å²) in [7, 11) is 0. The van der Waals surface area contributed by atoms with Crippen molar-refractivity contribution in [2.24, 2.45) is 5.92 Å². The van der Waals surface area contributed by atoms with Gasteiger partial charge in [-0.2, -0.15) is 0 Å². The highest BCUT2D eigenvalue weighted by atomic mass is 16.5. The number of hydrogen-bond donors (Lipinski definition) is 1. The average molecular weight is 355 g/mol. The molecule has 0 aliphatic carbocycles. The molecule has 4 nitrogen and oxygen atoms in total. The van der Waals surface area contributed by atoms with Gasteiger partial charge in [-0.15, -0.1) is 0 Å². The summed E-state index contributed by atoms with van der Waals surface area (Å²) in [5.41, 5.74) is 2.27. The highest BCUT2D eigenvalue weighted by molar-refractivity contribution is 5.47. The molecule has 1 N–H and O–H groups in total. The third kappa shape index (κ3) is 5.95. The zero-order valence-corrected chi connectivity index (χ0v) is 15.7. The lowest BCUT2D eigenvalue weighted by Crippen LogP contribution is -2.16. The Morgan fingerprint density at radius 2 is 1.92 bits per heavy atom. The van der Waals surface area contributed by atoms with Crippen molar-refractivity contribution in [2.75, 3.05) is 25.1 Å². The number of benzene rings is 2. The molecule has 0 radical (unpaired) electrons. The predicted octanol–water partition coefficient (Wildman–Crippen LogP) is 4.89. The first-order chi connectivity index (χ1) is 12.7. The van der Waals surface area contributed by atoms with Crippen LogP contribution >= 0.6 is 0 Å². The van der Waals surface area contributed by atoms with Crippen molar-refractivity contribution in [3.05, 3.63) is 54.1 Å². The predicted molar refractivity (Wildman–Crippen MR) is 105 cm³/mol. The molecule has 0 saturated carbocycles. The van der Waals surface area contributed by atoms with E-state index in [0.717, 1.165) is 49.8 Å². The van der Waals surface area contributed by atoms with Crippen LogP contribution in [-0.2, 0) is 11.3 Å². The summed E-state index contributed by atoms with van der Waals surface area (Å²) in [6.45, 7) is 7.30. The standard InChI is InChI=1S/C22H29NO3/c1-17(2)15-25-21-6-3-5-18(13-21)14-23-19-8-10-20(11-9-19)26-16-22-7-4-12-24-22/h3,5-6,8-11,13,17,22-23H,4,7,12,14-16H2,1-2H3. The van der Waals surface area contributed by atoms with Crippen LogP contribution in [0.3, 0.4) is 0 Å². The summed E-state index contributed by atoms with van der Waals surface area (Å²) in [5.74, 6) is 2.34. The van der Waals surface area contributed by atoms with E-state index in [1.807, 2.05) is 36.4 Å². The van der Waals surface area contributed by atoms with Crippen LogP contribution in [0.25, 0.3) is 0 Å². The number of ether oxygens (including phenoxy) is 3. The van der Waals surface area contributed by atoms with Gasteiger partial charge < -0.3 is 19.5 Å². The van der Waals surface area contributed by atoms with Gasteiger partial charge >= 0.3 is 0 Å². The average Bonchev–Trinajstić information content (AvgIpc) is 3.18. The van der Waals surface area contributed by atoms with Crippen LogP contribution in [0.15, 0.2) is 48.5 Å². The van der Waals surface area contributed by atoms with Crippen LogP contribution in [0.5, 0.6) is 11.5 Å². The second-order valence-electron chi connectivity index (χ2n) is 7.18.